The van der Waals surface area contributed by atoms with Gasteiger partial charge in [0.15, 0.2) is 0 Å². The first kappa shape index (κ1) is 25.6. The van der Waals surface area contributed by atoms with E-state index in [1.165, 1.54) is 5.56 Å². The van der Waals surface area contributed by atoms with Crippen LogP contribution in [0.2, 0.25) is 0 Å². The second-order valence-electron chi connectivity index (χ2n) is 9.53. The number of benzene rings is 3. The summed E-state index contributed by atoms with van der Waals surface area (Å²) < 4.78 is 19.1. The summed E-state index contributed by atoms with van der Waals surface area (Å²) in [5.74, 6) is 3.23. The van der Waals surface area contributed by atoms with Gasteiger partial charge >= 0.3 is 0 Å². The molecule has 192 valence electrons. The monoisotopic (exact) mass is 610 g/mol. The highest BCUT2D eigenvalue weighted by Crippen LogP contribution is 2.34. The van der Waals surface area contributed by atoms with Crippen molar-refractivity contribution in [1.29, 1.82) is 0 Å². The molecule has 7 heteroatoms. The molecule has 3 aromatic rings. The molecule has 1 fully saturated rings. The molecule has 3 aromatic carbocycles. The van der Waals surface area contributed by atoms with E-state index in [0.29, 0.717) is 24.5 Å². The topological polar surface area (TPSA) is 60.4 Å². The van der Waals surface area contributed by atoms with Gasteiger partial charge in [0, 0.05) is 24.9 Å². The van der Waals surface area contributed by atoms with Gasteiger partial charge in [-0.15, -0.1) is 0 Å². The lowest BCUT2D eigenvalue weighted by molar-refractivity contribution is 0.0774. The lowest BCUT2D eigenvalue weighted by atomic mass is 10.1. The normalized spacial score (nSPS) is 16.2. The molecule has 5 rings (SSSR count). The van der Waals surface area contributed by atoms with E-state index in [0.717, 1.165) is 64.4 Å². The number of halogens is 1. The Bertz CT molecular complexity index is 1310. The van der Waals surface area contributed by atoms with Crippen LogP contribution in [0, 0.1) is 17.4 Å². The van der Waals surface area contributed by atoms with Crippen molar-refractivity contribution >= 4 is 40.4 Å². The Balaban J connectivity index is 1.11. The van der Waals surface area contributed by atoms with Gasteiger partial charge in [-0.05, 0) is 98.0 Å². The van der Waals surface area contributed by atoms with Crippen LogP contribution in [0.1, 0.15) is 47.2 Å². The molecular weight excluding hydrogens is 579 g/mol. The van der Waals surface area contributed by atoms with Crippen molar-refractivity contribution in [3.63, 3.8) is 0 Å². The number of nitrogens with zero attached hydrogens (tertiary/aromatic N) is 2. The summed E-state index contributed by atoms with van der Waals surface area (Å²) in [6.45, 7) is 6.00. The van der Waals surface area contributed by atoms with Crippen molar-refractivity contribution < 1.29 is 19.0 Å². The Kier molecular flexibility index (Phi) is 7.98. The van der Waals surface area contributed by atoms with E-state index in [1.807, 2.05) is 72.6 Å². The second-order valence-corrected chi connectivity index (χ2v) is 10.7. The highest BCUT2D eigenvalue weighted by Gasteiger charge is 2.32. The fourth-order valence-electron chi connectivity index (χ4n) is 4.59. The number of carbonyl (C=O) groups is 1. The molecule has 0 aliphatic carbocycles. The van der Waals surface area contributed by atoms with Gasteiger partial charge in [0.25, 0.3) is 5.91 Å². The summed E-state index contributed by atoms with van der Waals surface area (Å²) in [4.78, 5) is 19.5. The van der Waals surface area contributed by atoms with E-state index in [4.69, 9.17) is 14.2 Å². The van der Waals surface area contributed by atoms with Crippen molar-refractivity contribution in [1.82, 2.24) is 4.90 Å². The molecule has 2 heterocycles. The molecule has 0 radical (unpaired) electrons. The molecule has 1 atom stereocenters. The SMILES string of the molecule is Cc1ccc(Oc2cc(OCCCCOc3cc4c(cc3C)C(=O)N3CCC[C@H]3C=N4)ccc2I)cc1. The minimum atomic E-state index is 0.0739. The molecule has 2 aliphatic rings. The number of hydrogen-bond donors (Lipinski definition) is 0. The summed E-state index contributed by atoms with van der Waals surface area (Å²) in [5, 5.41) is 0. The van der Waals surface area contributed by atoms with Gasteiger partial charge in [0.1, 0.15) is 23.0 Å². The van der Waals surface area contributed by atoms with Crippen LogP contribution in [-0.2, 0) is 0 Å². The first-order valence-electron chi connectivity index (χ1n) is 12.8. The predicted octanol–water partition coefficient (Wildman–Crippen LogP) is 7.26. The first-order chi connectivity index (χ1) is 18.0. The highest BCUT2D eigenvalue weighted by atomic mass is 127. The number of carbonyl (C=O) groups excluding carboxylic acids is 1. The van der Waals surface area contributed by atoms with Gasteiger partial charge in [-0.25, -0.2) is 0 Å². The van der Waals surface area contributed by atoms with Gasteiger partial charge in [-0.1, -0.05) is 17.7 Å². The molecule has 0 saturated carbocycles. The summed E-state index contributed by atoms with van der Waals surface area (Å²) in [7, 11) is 0. The minimum absolute atomic E-state index is 0.0739. The molecule has 0 spiro atoms. The lowest BCUT2D eigenvalue weighted by Crippen LogP contribution is -2.35. The number of aliphatic imine (C=N–C) groups is 1. The van der Waals surface area contributed by atoms with Crippen LogP contribution in [0.15, 0.2) is 59.6 Å². The van der Waals surface area contributed by atoms with Crippen molar-refractivity contribution in [3.05, 3.63) is 74.9 Å². The van der Waals surface area contributed by atoms with Gasteiger partial charge < -0.3 is 19.1 Å². The number of rotatable bonds is 9. The van der Waals surface area contributed by atoms with E-state index in [-0.39, 0.29) is 11.9 Å². The van der Waals surface area contributed by atoms with Crippen molar-refractivity contribution in [2.24, 2.45) is 4.99 Å². The maximum atomic E-state index is 13.0. The van der Waals surface area contributed by atoms with Crippen LogP contribution in [0.3, 0.4) is 0 Å². The Hall–Kier alpha value is -3.07. The summed E-state index contributed by atoms with van der Waals surface area (Å²) in [6, 6.07) is 17.8. The van der Waals surface area contributed by atoms with Crippen LogP contribution < -0.4 is 14.2 Å². The number of ether oxygens (including phenoxy) is 3. The van der Waals surface area contributed by atoms with Gasteiger partial charge in [-0.3, -0.25) is 9.79 Å². The second kappa shape index (κ2) is 11.5. The minimum Gasteiger partial charge on any atom is -0.493 e. The van der Waals surface area contributed by atoms with Crippen molar-refractivity contribution in [3.8, 4) is 23.0 Å². The quantitative estimate of drug-likeness (QED) is 0.189. The van der Waals surface area contributed by atoms with Crippen LogP contribution >= 0.6 is 22.6 Å². The molecule has 0 aromatic heterocycles. The van der Waals surface area contributed by atoms with E-state index >= 15 is 0 Å². The molecular formula is C30H31IN2O4. The number of aryl methyl sites for hydroxylation is 2. The smallest absolute Gasteiger partial charge is 0.256 e. The molecule has 1 amide bonds. The van der Waals surface area contributed by atoms with Crippen molar-refractivity contribution in [2.75, 3.05) is 19.8 Å². The van der Waals surface area contributed by atoms with Crippen LogP contribution in [-0.4, -0.2) is 42.8 Å². The Morgan fingerprint density at radius 3 is 2.51 bits per heavy atom. The standard InChI is InChI=1S/C30H31IN2O4/c1-20-7-9-23(10-8-20)37-29-17-24(11-12-26(29)31)35-14-3-4-15-36-28-18-27-25(16-21(28)2)30(34)33-13-5-6-22(33)19-32-27/h7-12,16-19,22H,3-6,13-15H2,1-2H3/t22-/m0/s1. The van der Waals surface area contributed by atoms with E-state index in [1.54, 1.807) is 0 Å². The summed E-state index contributed by atoms with van der Waals surface area (Å²) >= 11 is 2.27. The number of unbranched alkanes of at least 4 members (excludes halogenated alkanes) is 1. The highest BCUT2D eigenvalue weighted by molar-refractivity contribution is 14.1. The van der Waals surface area contributed by atoms with E-state index in [2.05, 4.69) is 34.5 Å². The fourth-order valence-corrected chi connectivity index (χ4v) is 5.04. The molecule has 6 nitrogen and oxygen atoms in total. The zero-order chi connectivity index (χ0) is 25.8. The molecule has 1 saturated heterocycles. The van der Waals surface area contributed by atoms with Gasteiger partial charge in [-0.2, -0.15) is 0 Å². The largest absolute Gasteiger partial charge is 0.493 e. The Morgan fingerprint density at radius 2 is 1.70 bits per heavy atom. The Labute approximate surface area is 231 Å². The maximum Gasteiger partial charge on any atom is 0.256 e. The molecule has 0 bridgehead atoms. The molecule has 2 aliphatic heterocycles. The molecule has 0 N–H and O–H groups in total. The van der Waals surface area contributed by atoms with Crippen LogP contribution in [0.4, 0.5) is 5.69 Å². The lowest BCUT2D eigenvalue weighted by Gasteiger charge is -2.20. The van der Waals surface area contributed by atoms with E-state index in [9.17, 15) is 4.79 Å². The Morgan fingerprint density at radius 1 is 0.946 bits per heavy atom. The summed E-state index contributed by atoms with van der Waals surface area (Å²) in [5.41, 5.74) is 3.52. The third-order valence-corrected chi connectivity index (χ3v) is 7.58. The number of fused-ring (bicyclic) bond motifs is 2. The first-order valence-corrected chi connectivity index (χ1v) is 13.9. The third-order valence-electron chi connectivity index (χ3n) is 6.69. The zero-order valence-corrected chi connectivity index (χ0v) is 23.4. The fraction of sp³-hybridized carbons (Fsp3) is 0.333. The zero-order valence-electron chi connectivity index (χ0n) is 21.2. The predicted molar refractivity (Wildman–Crippen MR) is 154 cm³/mol. The molecule has 37 heavy (non-hydrogen) atoms. The summed E-state index contributed by atoms with van der Waals surface area (Å²) in [6.07, 6.45) is 5.64. The average molecular weight is 610 g/mol. The third kappa shape index (κ3) is 6.09. The number of hydrogen-bond acceptors (Lipinski definition) is 5. The maximum absolute atomic E-state index is 13.0. The number of amides is 1. The van der Waals surface area contributed by atoms with Gasteiger partial charge in [0.2, 0.25) is 0 Å². The average Bonchev–Trinajstić information content (AvgIpc) is 3.33. The van der Waals surface area contributed by atoms with Crippen molar-refractivity contribution in [2.45, 2.75) is 45.6 Å². The van der Waals surface area contributed by atoms with Crippen LogP contribution in [0.5, 0.6) is 23.0 Å². The van der Waals surface area contributed by atoms with Crippen LogP contribution in [0.25, 0.3) is 0 Å². The van der Waals surface area contributed by atoms with E-state index < -0.39 is 0 Å². The molecule has 0 unspecified atom stereocenters. The van der Waals surface area contributed by atoms with Gasteiger partial charge in [0.05, 0.1) is 34.1 Å².